The lowest BCUT2D eigenvalue weighted by molar-refractivity contribution is -0.120. The molecule has 0 unspecified atom stereocenters. The van der Waals surface area contributed by atoms with Crippen LogP contribution in [0.3, 0.4) is 0 Å². The zero-order valence-electron chi connectivity index (χ0n) is 18.8. The van der Waals surface area contributed by atoms with Gasteiger partial charge in [-0.05, 0) is 74.9 Å². The van der Waals surface area contributed by atoms with Crippen LogP contribution in [0.4, 0.5) is 17.3 Å². The molecule has 0 spiro atoms. The summed E-state index contributed by atoms with van der Waals surface area (Å²) in [6.07, 6.45) is 0. The monoisotopic (exact) mass is 531 g/mol. The van der Waals surface area contributed by atoms with E-state index in [-0.39, 0.29) is 21.6 Å². The van der Waals surface area contributed by atoms with Crippen molar-refractivity contribution in [1.82, 2.24) is 9.97 Å². The second kappa shape index (κ2) is 9.29. The maximum Gasteiger partial charge on any atom is 0.283 e. The Labute approximate surface area is 211 Å². The number of carbonyl (C=O) groups excluding carboxylic acids is 2. The molecule has 0 saturated carbocycles. The highest BCUT2D eigenvalue weighted by atomic mass is 35.5. The third-order valence-corrected chi connectivity index (χ3v) is 7.00. The summed E-state index contributed by atoms with van der Waals surface area (Å²) in [6, 6.07) is 12.1. The van der Waals surface area contributed by atoms with Gasteiger partial charge in [0, 0.05) is 22.1 Å². The van der Waals surface area contributed by atoms with Crippen LogP contribution in [0.15, 0.2) is 64.2 Å². The first kappa shape index (κ1) is 24.6. The molecule has 1 aliphatic heterocycles. The number of anilines is 3. The molecule has 2 aromatic carbocycles. The number of hydrogen-bond donors (Lipinski definition) is 2. The van der Waals surface area contributed by atoms with Crippen molar-refractivity contribution in [3.63, 3.8) is 0 Å². The van der Waals surface area contributed by atoms with Crippen molar-refractivity contribution in [3.8, 4) is 0 Å². The van der Waals surface area contributed by atoms with Crippen LogP contribution in [-0.2, 0) is 19.6 Å². The van der Waals surface area contributed by atoms with Gasteiger partial charge in [0.15, 0.2) is 0 Å². The van der Waals surface area contributed by atoms with Crippen LogP contribution in [-0.4, -0.2) is 30.2 Å². The molecular weight excluding hydrogens is 513 g/mol. The number of aryl methyl sites for hydroxylation is 3. The van der Waals surface area contributed by atoms with E-state index in [1.54, 1.807) is 45.0 Å². The number of carbonyl (C=O) groups is 2. The zero-order valence-corrected chi connectivity index (χ0v) is 21.1. The Morgan fingerprint density at radius 3 is 2.09 bits per heavy atom. The summed E-state index contributed by atoms with van der Waals surface area (Å²) in [4.78, 5) is 34.8. The van der Waals surface area contributed by atoms with E-state index < -0.39 is 21.8 Å². The van der Waals surface area contributed by atoms with Crippen LogP contribution in [0.2, 0.25) is 5.02 Å². The van der Waals surface area contributed by atoms with Gasteiger partial charge in [-0.1, -0.05) is 23.2 Å². The second-order valence-electron chi connectivity index (χ2n) is 7.79. The Bertz CT molecular complexity index is 1480. The summed E-state index contributed by atoms with van der Waals surface area (Å²) in [5.41, 5.74) is 2.47. The fourth-order valence-electron chi connectivity index (χ4n) is 3.51. The number of rotatable bonds is 6. The predicted molar refractivity (Wildman–Crippen MR) is 134 cm³/mol. The average molecular weight is 532 g/mol. The molecular formula is C23H19Cl2N5O4S. The first-order valence-electron chi connectivity index (χ1n) is 10.2. The SMILES string of the molecule is Cc1cc(C)nc(NS(=O)(=O)c2ccc(NC3=C(Cl)C(=O)N(c4ccc(Cl)cc4C)C3=O)cc2)n1. The number of hydrogen-bond acceptors (Lipinski definition) is 7. The molecule has 180 valence electrons. The van der Waals surface area contributed by atoms with Gasteiger partial charge < -0.3 is 5.32 Å². The minimum Gasteiger partial charge on any atom is -0.350 e. The van der Waals surface area contributed by atoms with E-state index in [2.05, 4.69) is 20.0 Å². The molecule has 2 N–H and O–H groups in total. The smallest absolute Gasteiger partial charge is 0.283 e. The zero-order chi connectivity index (χ0) is 25.5. The molecule has 4 rings (SSSR count). The third kappa shape index (κ3) is 5.00. The molecule has 12 heteroatoms. The summed E-state index contributed by atoms with van der Waals surface area (Å²) >= 11 is 12.2. The molecule has 0 saturated heterocycles. The van der Waals surface area contributed by atoms with Crippen molar-refractivity contribution in [2.24, 2.45) is 0 Å². The number of imide groups is 1. The number of sulfonamides is 1. The highest BCUT2D eigenvalue weighted by Gasteiger charge is 2.39. The molecule has 0 fully saturated rings. The van der Waals surface area contributed by atoms with Crippen molar-refractivity contribution < 1.29 is 18.0 Å². The van der Waals surface area contributed by atoms with Crippen LogP contribution in [0, 0.1) is 20.8 Å². The van der Waals surface area contributed by atoms with Gasteiger partial charge in [-0.25, -0.2) is 28.0 Å². The maximum absolute atomic E-state index is 13.0. The fraction of sp³-hybridized carbons (Fsp3) is 0.130. The van der Waals surface area contributed by atoms with Crippen LogP contribution in [0.5, 0.6) is 0 Å². The van der Waals surface area contributed by atoms with Crippen LogP contribution in [0.25, 0.3) is 0 Å². The van der Waals surface area contributed by atoms with E-state index in [0.717, 1.165) is 4.90 Å². The van der Waals surface area contributed by atoms with Gasteiger partial charge in [-0.3, -0.25) is 9.59 Å². The lowest BCUT2D eigenvalue weighted by Crippen LogP contribution is -2.32. The second-order valence-corrected chi connectivity index (χ2v) is 10.3. The largest absolute Gasteiger partial charge is 0.350 e. The van der Waals surface area contributed by atoms with Gasteiger partial charge in [0.2, 0.25) is 5.95 Å². The Balaban J connectivity index is 1.54. The Hall–Kier alpha value is -3.47. The van der Waals surface area contributed by atoms with Crippen molar-refractivity contribution >= 4 is 62.4 Å². The van der Waals surface area contributed by atoms with Crippen LogP contribution < -0.4 is 14.9 Å². The van der Waals surface area contributed by atoms with E-state index >= 15 is 0 Å². The number of halogens is 2. The van der Waals surface area contributed by atoms with Gasteiger partial charge in [-0.15, -0.1) is 0 Å². The minimum absolute atomic E-state index is 0.0331. The standard InChI is InChI=1S/C23H19Cl2N5O4S/c1-12-10-15(24)4-9-18(12)30-21(31)19(25)20(22(30)32)28-16-5-7-17(8-6-16)35(33,34)29-23-26-13(2)11-14(3)27-23/h4-11,28H,1-3H3,(H,26,27,29). The van der Waals surface area contributed by atoms with Gasteiger partial charge in [0.1, 0.15) is 10.7 Å². The quantitative estimate of drug-likeness (QED) is 0.455. The van der Waals surface area contributed by atoms with Crippen molar-refractivity contribution in [2.75, 3.05) is 14.9 Å². The van der Waals surface area contributed by atoms with Crippen molar-refractivity contribution in [3.05, 3.63) is 81.2 Å². The molecule has 1 aromatic heterocycles. The van der Waals surface area contributed by atoms with Crippen molar-refractivity contribution in [1.29, 1.82) is 0 Å². The molecule has 0 bridgehead atoms. The number of benzene rings is 2. The molecule has 0 atom stereocenters. The average Bonchev–Trinajstić information content (AvgIpc) is 2.97. The van der Waals surface area contributed by atoms with E-state index in [1.807, 2.05) is 0 Å². The lowest BCUT2D eigenvalue weighted by atomic mass is 10.2. The molecule has 35 heavy (non-hydrogen) atoms. The van der Waals surface area contributed by atoms with Gasteiger partial charge in [0.25, 0.3) is 21.8 Å². The first-order valence-corrected chi connectivity index (χ1v) is 12.5. The first-order chi connectivity index (χ1) is 16.5. The highest BCUT2D eigenvalue weighted by Crippen LogP contribution is 2.33. The van der Waals surface area contributed by atoms with E-state index in [4.69, 9.17) is 23.2 Å². The normalized spacial score (nSPS) is 14.0. The molecule has 9 nitrogen and oxygen atoms in total. The number of amides is 2. The fourth-order valence-corrected chi connectivity index (χ4v) is 4.90. The number of aromatic nitrogens is 2. The third-order valence-electron chi connectivity index (χ3n) is 5.07. The maximum atomic E-state index is 13.0. The van der Waals surface area contributed by atoms with E-state index in [9.17, 15) is 18.0 Å². The molecule has 2 heterocycles. The number of nitrogens with zero attached hydrogens (tertiary/aromatic N) is 3. The highest BCUT2D eigenvalue weighted by molar-refractivity contribution is 7.92. The van der Waals surface area contributed by atoms with E-state index in [0.29, 0.717) is 33.3 Å². The van der Waals surface area contributed by atoms with Crippen LogP contribution in [0.1, 0.15) is 17.0 Å². The Kier molecular flexibility index (Phi) is 6.54. The van der Waals surface area contributed by atoms with Crippen molar-refractivity contribution in [2.45, 2.75) is 25.7 Å². The topological polar surface area (TPSA) is 121 Å². The van der Waals surface area contributed by atoms with Crippen LogP contribution >= 0.6 is 23.2 Å². The molecule has 1 aliphatic rings. The lowest BCUT2D eigenvalue weighted by Gasteiger charge is -2.17. The summed E-state index contributed by atoms with van der Waals surface area (Å²) < 4.78 is 27.8. The summed E-state index contributed by atoms with van der Waals surface area (Å²) in [7, 11) is -3.96. The van der Waals surface area contributed by atoms with Gasteiger partial charge in [0.05, 0.1) is 10.6 Å². The summed E-state index contributed by atoms with van der Waals surface area (Å²) in [5, 5.41) is 3.00. The van der Waals surface area contributed by atoms with Gasteiger partial charge in [-0.2, -0.15) is 0 Å². The minimum atomic E-state index is -3.96. The van der Waals surface area contributed by atoms with Gasteiger partial charge >= 0.3 is 0 Å². The summed E-state index contributed by atoms with van der Waals surface area (Å²) in [5.74, 6) is -1.36. The summed E-state index contributed by atoms with van der Waals surface area (Å²) in [6.45, 7) is 5.19. The number of nitrogens with one attached hydrogen (secondary N) is 2. The van der Waals surface area contributed by atoms with E-state index in [1.165, 1.54) is 24.3 Å². The predicted octanol–water partition coefficient (Wildman–Crippen LogP) is 4.29. The molecule has 2 amide bonds. The Morgan fingerprint density at radius 1 is 0.857 bits per heavy atom. The molecule has 3 aromatic rings. The Morgan fingerprint density at radius 2 is 1.49 bits per heavy atom. The molecule has 0 radical (unpaired) electrons. The molecule has 0 aliphatic carbocycles.